The molecule has 0 amide bonds. The minimum atomic E-state index is -0.227. The first-order valence-electron chi connectivity index (χ1n) is 8.69. The van der Waals surface area contributed by atoms with E-state index < -0.39 is 0 Å². The summed E-state index contributed by atoms with van der Waals surface area (Å²) >= 11 is 0. The highest BCUT2D eigenvalue weighted by Gasteiger charge is 2.52. The molecule has 0 aromatic heterocycles. The molecule has 6 atom stereocenters. The predicted molar refractivity (Wildman–Crippen MR) is 80.8 cm³/mol. The van der Waals surface area contributed by atoms with Crippen molar-refractivity contribution < 1.29 is 28.5 Å². The van der Waals surface area contributed by atoms with Gasteiger partial charge in [-0.2, -0.15) is 0 Å². The van der Waals surface area contributed by atoms with Crippen molar-refractivity contribution in [2.24, 2.45) is 23.7 Å². The molecule has 6 heteroatoms. The third-order valence-corrected chi connectivity index (χ3v) is 5.78. The van der Waals surface area contributed by atoms with Crippen LogP contribution in [0.3, 0.4) is 0 Å². The molecular formula is C18H20O6. The molecule has 24 heavy (non-hydrogen) atoms. The number of allylic oxidation sites excluding steroid dienone is 2. The molecule has 1 saturated carbocycles. The molecule has 5 rings (SSSR count). The molecule has 2 bridgehead atoms. The third kappa shape index (κ3) is 2.58. The summed E-state index contributed by atoms with van der Waals surface area (Å²) < 4.78 is 20.8. The second-order valence-electron chi connectivity index (χ2n) is 7.37. The third-order valence-electron chi connectivity index (χ3n) is 5.78. The fourth-order valence-electron chi connectivity index (χ4n) is 4.39. The van der Waals surface area contributed by atoms with Gasteiger partial charge in [-0.1, -0.05) is 12.2 Å². The van der Waals surface area contributed by atoms with Crippen LogP contribution in [0, 0.1) is 23.7 Å². The van der Waals surface area contributed by atoms with Gasteiger partial charge >= 0.3 is 11.9 Å². The first-order valence-corrected chi connectivity index (χ1v) is 8.69. The average Bonchev–Trinajstić information content (AvgIpc) is 3.46. The Labute approximate surface area is 139 Å². The van der Waals surface area contributed by atoms with Crippen LogP contribution in [0.4, 0.5) is 0 Å². The van der Waals surface area contributed by atoms with E-state index in [-0.39, 0.29) is 30.1 Å². The van der Waals surface area contributed by atoms with E-state index in [9.17, 15) is 9.59 Å². The van der Waals surface area contributed by atoms with Crippen molar-refractivity contribution in [1.29, 1.82) is 0 Å². The van der Waals surface area contributed by atoms with E-state index >= 15 is 0 Å². The van der Waals surface area contributed by atoms with Gasteiger partial charge in [-0.3, -0.25) is 0 Å². The molecule has 0 radical (unpaired) electrons. The topological polar surface area (TPSA) is 77.7 Å². The summed E-state index contributed by atoms with van der Waals surface area (Å²) in [5, 5.41) is 0. The van der Waals surface area contributed by atoms with Crippen LogP contribution in [0.25, 0.3) is 0 Å². The lowest BCUT2D eigenvalue weighted by molar-refractivity contribution is -0.140. The molecule has 3 fully saturated rings. The maximum atomic E-state index is 12.3. The zero-order valence-corrected chi connectivity index (χ0v) is 13.3. The fourth-order valence-corrected chi connectivity index (χ4v) is 4.39. The van der Waals surface area contributed by atoms with Crippen LogP contribution in [0.5, 0.6) is 0 Å². The van der Waals surface area contributed by atoms with E-state index in [4.69, 9.17) is 18.9 Å². The number of hydrogen-bond donors (Lipinski definition) is 0. The van der Waals surface area contributed by atoms with E-state index in [1.165, 1.54) is 0 Å². The molecule has 3 aliphatic carbocycles. The van der Waals surface area contributed by atoms with Crippen LogP contribution in [0.15, 0.2) is 23.3 Å². The van der Waals surface area contributed by atoms with E-state index in [2.05, 4.69) is 12.2 Å². The van der Waals surface area contributed by atoms with Crippen molar-refractivity contribution in [2.75, 3.05) is 26.4 Å². The van der Waals surface area contributed by atoms with Crippen LogP contribution >= 0.6 is 0 Å². The molecule has 0 aromatic carbocycles. The maximum absolute atomic E-state index is 12.3. The normalized spacial score (nSPS) is 40.7. The van der Waals surface area contributed by atoms with Gasteiger partial charge in [-0.15, -0.1) is 0 Å². The lowest BCUT2D eigenvalue weighted by atomic mass is 9.81. The van der Waals surface area contributed by atoms with E-state index in [1.54, 1.807) is 0 Å². The van der Waals surface area contributed by atoms with Crippen molar-refractivity contribution >= 4 is 11.9 Å². The summed E-state index contributed by atoms with van der Waals surface area (Å²) in [5.74, 6) is 0.808. The second-order valence-corrected chi connectivity index (χ2v) is 7.37. The number of esters is 2. The minimum absolute atomic E-state index is 0.0881. The number of carbonyl (C=O) groups excluding carboxylic acids is 2. The molecule has 0 aromatic rings. The Balaban J connectivity index is 1.21. The van der Waals surface area contributed by atoms with Crippen molar-refractivity contribution in [2.45, 2.75) is 25.0 Å². The highest BCUT2D eigenvalue weighted by Crippen LogP contribution is 2.57. The molecule has 2 saturated heterocycles. The van der Waals surface area contributed by atoms with Crippen LogP contribution in [-0.2, 0) is 28.5 Å². The highest BCUT2D eigenvalue weighted by atomic mass is 16.6. The zero-order valence-electron chi connectivity index (χ0n) is 13.3. The summed E-state index contributed by atoms with van der Waals surface area (Å²) in [5.41, 5.74) is 1.56. The number of ether oxygens (including phenoxy) is 4. The Kier molecular flexibility index (Phi) is 3.31. The Bertz CT molecular complexity index is 642. The van der Waals surface area contributed by atoms with Crippen LogP contribution in [-0.4, -0.2) is 50.6 Å². The molecule has 5 aliphatic rings. The van der Waals surface area contributed by atoms with Gasteiger partial charge in [-0.25, -0.2) is 9.59 Å². The van der Waals surface area contributed by atoms with Gasteiger partial charge in [0, 0.05) is 11.1 Å². The SMILES string of the molecule is O=C(OCC1CO1)C1=CC2C3C=C(C(=O)OCC4CO4)C(C3)C2C1. The van der Waals surface area contributed by atoms with Crippen LogP contribution < -0.4 is 0 Å². The van der Waals surface area contributed by atoms with Crippen LogP contribution in [0.2, 0.25) is 0 Å². The smallest absolute Gasteiger partial charge is 0.334 e. The highest BCUT2D eigenvalue weighted by molar-refractivity contribution is 5.92. The summed E-state index contributed by atoms with van der Waals surface area (Å²) in [4.78, 5) is 24.5. The van der Waals surface area contributed by atoms with Gasteiger partial charge < -0.3 is 18.9 Å². The number of hydrogen-bond acceptors (Lipinski definition) is 6. The van der Waals surface area contributed by atoms with Crippen LogP contribution in [0.1, 0.15) is 12.8 Å². The summed E-state index contributed by atoms with van der Waals surface area (Å²) in [6.07, 6.45) is 6.00. The molecule has 2 aliphatic heterocycles. The van der Waals surface area contributed by atoms with E-state index in [1.807, 2.05) is 0 Å². The summed E-state index contributed by atoms with van der Waals surface area (Å²) in [6, 6.07) is 0. The number of rotatable bonds is 6. The second kappa shape index (κ2) is 5.43. The molecule has 6 nitrogen and oxygen atoms in total. The Morgan fingerprint density at radius 1 is 1.04 bits per heavy atom. The monoisotopic (exact) mass is 332 g/mol. The summed E-state index contributed by atoms with van der Waals surface area (Å²) in [6.45, 7) is 2.06. The zero-order chi connectivity index (χ0) is 16.3. The first kappa shape index (κ1) is 14.7. The van der Waals surface area contributed by atoms with Gasteiger partial charge in [0.1, 0.15) is 25.4 Å². The van der Waals surface area contributed by atoms with Crippen molar-refractivity contribution in [3.8, 4) is 0 Å². The van der Waals surface area contributed by atoms with Gasteiger partial charge in [0.2, 0.25) is 0 Å². The molecular weight excluding hydrogens is 312 g/mol. The number of epoxide rings is 2. The largest absolute Gasteiger partial charge is 0.459 e. The van der Waals surface area contributed by atoms with Gasteiger partial charge in [0.05, 0.1) is 13.2 Å². The molecule has 0 spiro atoms. The van der Waals surface area contributed by atoms with Crippen molar-refractivity contribution in [3.05, 3.63) is 23.3 Å². The van der Waals surface area contributed by atoms with Gasteiger partial charge in [0.15, 0.2) is 0 Å². The average molecular weight is 332 g/mol. The summed E-state index contributed by atoms with van der Waals surface area (Å²) in [7, 11) is 0. The molecule has 2 heterocycles. The number of carbonyl (C=O) groups is 2. The number of fused-ring (bicyclic) bond motifs is 5. The van der Waals surface area contributed by atoms with Crippen molar-refractivity contribution in [1.82, 2.24) is 0 Å². The Morgan fingerprint density at radius 3 is 2.38 bits per heavy atom. The Hall–Kier alpha value is -1.66. The minimum Gasteiger partial charge on any atom is -0.459 e. The van der Waals surface area contributed by atoms with E-state index in [0.29, 0.717) is 50.6 Å². The van der Waals surface area contributed by atoms with Gasteiger partial charge in [-0.05, 0) is 36.5 Å². The molecule has 128 valence electrons. The fraction of sp³-hybridized carbons (Fsp3) is 0.667. The Morgan fingerprint density at radius 2 is 1.71 bits per heavy atom. The lowest BCUT2D eigenvalue weighted by Gasteiger charge is -2.24. The van der Waals surface area contributed by atoms with Crippen molar-refractivity contribution in [3.63, 3.8) is 0 Å². The first-order chi connectivity index (χ1) is 11.7. The predicted octanol–water partition coefficient (Wildman–Crippen LogP) is 1.01. The van der Waals surface area contributed by atoms with Gasteiger partial charge in [0.25, 0.3) is 0 Å². The van der Waals surface area contributed by atoms with E-state index in [0.717, 1.165) is 17.6 Å². The quantitative estimate of drug-likeness (QED) is 0.534. The standard InChI is InChI=1S/C18H20O6/c19-17(23-7-11-5-21-11)10-3-13-9-1-15(14(13)4-10)16(2-9)18(20)24-8-12-6-22-12/h2-3,9,11-15H,1,4-8H2. The maximum Gasteiger partial charge on any atom is 0.334 e. The molecule has 0 N–H and O–H groups in total. The molecule has 6 unspecified atom stereocenters. The lowest BCUT2D eigenvalue weighted by Crippen LogP contribution is -2.23.